The molecule has 0 N–H and O–H groups in total. The second-order valence-electron chi connectivity index (χ2n) is 12.7. The Bertz CT molecular complexity index is 1120. The number of ether oxygens (including phenoxy) is 2. The fraction of sp³-hybridized carbons (Fsp3) is 0.588. The van der Waals surface area contributed by atoms with Crippen LogP contribution in [0.3, 0.4) is 0 Å². The van der Waals surface area contributed by atoms with Gasteiger partial charge >= 0.3 is 0 Å². The van der Waals surface area contributed by atoms with Gasteiger partial charge in [-0.3, -0.25) is 0 Å². The number of hydrogen-bond donors (Lipinski definition) is 0. The standard InChI is InChI=1S/C34H50N2O2/c1-33(2)23-25-21-27(37-7)17-19-29(25)31(35(33)5)15-13-11-9-10-12-14-16-32-30-20-18-28(38-8)22-26(30)24-34(3,4)36(32)6/h17-22H,9-16,23-24H2,1-8H3/q+2. The molecule has 2 aromatic carbocycles. The molecule has 2 aliphatic heterocycles. The van der Waals surface area contributed by atoms with Crippen LogP contribution >= 0.6 is 0 Å². The van der Waals surface area contributed by atoms with Crippen molar-refractivity contribution in [1.29, 1.82) is 0 Å². The highest BCUT2D eigenvalue weighted by Gasteiger charge is 2.38. The molecule has 38 heavy (non-hydrogen) atoms. The first-order valence-electron chi connectivity index (χ1n) is 14.6. The summed E-state index contributed by atoms with van der Waals surface area (Å²) >= 11 is 0. The van der Waals surface area contributed by atoms with Gasteiger partial charge in [0, 0.05) is 64.5 Å². The molecule has 0 aliphatic carbocycles. The highest BCUT2D eigenvalue weighted by atomic mass is 16.5. The molecule has 2 heterocycles. The van der Waals surface area contributed by atoms with Crippen LogP contribution < -0.4 is 9.47 Å². The van der Waals surface area contributed by atoms with Gasteiger partial charge in [0.1, 0.15) is 25.6 Å². The zero-order valence-corrected chi connectivity index (χ0v) is 25.2. The van der Waals surface area contributed by atoms with Crippen molar-refractivity contribution in [3.8, 4) is 11.5 Å². The molecule has 0 aromatic heterocycles. The van der Waals surface area contributed by atoms with Crippen LogP contribution in [0.2, 0.25) is 0 Å². The van der Waals surface area contributed by atoms with E-state index in [-0.39, 0.29) is 11.1 Å². The Labute approximate surface area is 231 Å². The number of nitrogens with zero attached hydrogens (tertiary/aromatic N) is 2. The van der Waals surface area contributed by atoms with E-state index >= 15 is 0 Å². The molecule has 0 unspecified atom stereocenters. The van der Waals surface area contributed by atoms with E-state index in [0.29, 0.717) is 0 Å². The Balaban J connectivity index is 1.27. The number of methoxy groups -OCH3 is 2. The summed E-state index contributed by atoms with van der Waals surface area (Å²) in [7, 11) is 8.07. The van der Waals surface area contributed by atoms with Crippen LogP contribution in [0.15, 0.2) is 36.4 Å². The van der Waals surface area contributed by atoms with Crippen molar-refractivity contribution in [2.24, 2.45) is 0 Å². The van der Waals surface area contributed by atoms with Gasteiger partial charge in [0.05, 0.1) is 14.2 Å². The monoisotopic (exact) mass is 518 g/mol. The average Bonchev–Trinajstić information content (AvgIpc) is 2.88. The molecule has 0 bridgehead atoms. The fourth-order valence-corrected chi connectivity index (χ4v) is 6.41. The minimum Gasteiger partial charge on any atom is -0.497 e. The summed E-state index contributed by atoms with van der Waals surface area (Å²) < 4.78 is 16.1. The maximum absolute atomic E-state index is 5.51. The Hall–Kier alpha value is -2.62. The van der Waals surface area contributed by atoms with Crippen molar-refractivity contribution < 1.29 is 18.6 Å². The third kappa shape index (κ3) is 6.00. The lowest BCUT2D eigenvalue weighted by molar-refractivity contribution is -0.577. The Morgan fingerprint density at radius 3 is 1.34 bits per heavy atom. The number of hydrogen-bond acceptors (Lipinski definition) is 2. The summed E-state index contributed by atoms with van der Waals surface area (Å²) in [6.45, 7) is 9.42. The zero-order chi connectivity index (χ0) is 27.5. The molecule has 0 fully saturated rings. The van der Waals surface area contributed by atoms with Crippen LogP contribution in [-0.2, 0) is 12.8 Å². The molecular weight excluding hydrogens is 468 g/mol. The van der Waals surface area contributed by atoms with Gasteiger partial charge in [0.2, 0.25) is 0 Å². The van der Waals surface area contributed by atoms with Gasteiger partial charge in [-0.1, -0.05) is 25.7 Å². The van der Waals surface area contributed by atoms with Crippen molar-refractivity contribution in [2.45, 2.75) is 103 Å². The molecule has 4 heteroatoms. The highest BCUT2D eigenvalue weighted by molar-refractivity contribution is 5.99. The zero-order valence-electron chi connectivity index (χ0n) is 25.2. The largest absolute Gasteiger partial charge is 0.497 e. The van der Waals surface area contributed by atoms with Crippen molar-refractivity contribution in [1.82, 2.24) is 0 Å². The molecule has 2 aliphatic rings. The average molecular weight is 519 g/mol. The lowest BCUT2D eigenvalue weighted by atomic mass is 9.84. The second-order valence-corrected chi connectivity index (χ2v) is 12.7. The van der Waals surface area contributed by atoms with Crippen LogP contribution in [0, 0.1) is 0 Å². The third-order valence-corrected chi connectivity index (χ3v) is 9.20. The third-order valence-electron chi connectivity index (χ3n) is 9.20. The van der Waals surface area contributed by atoms with Gasteiger partial charge in [-0.25, -0.2) is 9.15 Å². The van der Waals surface area contributed by atoms with E-state index < -0.39 is 0 Å². The van der Waals surface area contributed by atoms with E-state index in [1.807, 2.05) is 0 Å². The van der Waals surface area contributed by atoms with E-state index in [9.17, 15) is 0 Å². The Kier molecular flexibility index (Phi) is 8.69. The maximum atomic E-state index is 5.51. The lowest BCUT2D eigenvalue weighted by Gasteiger charge is -2.29. The topological polar surface area (TPSA) is 24.5 Å². The molecule has 0 spiro atoms. The number of benzene rings is 2. The van der Waals surface area contributed by atoms with Crippen molar-refractivity contribution in [3.05, 3.63) is 58.7 Å². The summed E-state index contributed by atoms with van der Waals surface area (Å²) in [6, 6.07) is 13.2. The van der Waals surface area contributed by atoms with Crippen LogP contribution in [0.25, 0.3) is 0 Å². The Morgan fingerprint density at radius 2 is 0.974 bits per heavy atom. The van der Waals surface area contributed by atoms with Crippen LogP contribution in [0.5, 0.6) is 11.5 Å². The summed E-state index contributed by atoms with van der Waals surface area (Å²) in [5.74, 6) is 1.93. The first-order chi connectivity index (χ1) is 18.1. The van der Waals surface area contributed by atoms with E-state index in [4.69, 9.17) is 9.47 Å². The van der Waals surface area contributed by atoms with Crippen molar-refractivity contribution in [3.63, 3.8) is 0 Å². The van der Waals surface area contributed by atoms with Crippen LogP contribution in [-0.4, -0.2) is 60.0 Å². The van der Waals surface area contributed by atoms with E-state index in [1.165, 1.54) is 72.2 Å². The molecule has 4 rings (SSSR count). The molecule has 206 valence electrons. The fourth-order valence-electron chi connectivity index (χ4n) is 6.41. The molecular formula is C34H50N2O2+2. The Morgan fingerprint density at radius 1 is 0.605 bits per heavy atom. The lowest BCUT2D eigenvalue weighted by Crippen LogP contribution is -2.44. The van der Waals surface area contributed by atoms with Crippen molar-refractivity contribution >= 4 is 11.4 Å². The summed E-state index contributed by atoms with van der Waals surface area (Å²) in [6.07, 6.45) is 12.2. The minimum atomic E-state index is 0.136. The number of rotatable bonds is 11. The number of fused-ring (bicyclic) bond motifs is 2. The van der Waals surface area contributed by atoms with Gasteiger partial charge in [-0.2, -0.15) is 0 Å². The highest BCUT2D eigenvalue weighted by Crippen LogP contribution is 2.32. The second kappa shape index (κ2) is 11.6. The van der Waals surface area contributed by atoms with E-state index in [0.717, 1.165) is 37.2 Å². The molecule has 4 nitrogen and oxygen atoms in total. The molecule has 0 atom stereocenters. The van der Waals surface area contributed by atoms with Crippen LogP contribution in [0.4, 0.5) is 0 Å². The smallest absolute Gasteiger partial charge is 0.183 e. The van der Waals surface area contributed by atoms with E-state index in [1.54, 1.807) is 14.2 Å². The van der Waals surface area contributed by atoms with Crippen LogP contribution in [0.1, 0.15) is 101 Å². The predicted molar refractivity (Wildman–Crippen MR) is 159 cm³/mol. The van der Waals surface area contributed by atoms with Gasteiger partial charge in [-0.05, 0) is 60.4 Å². The van der Waals surface area contributed by atoms with Gasteiger partial charge in [0.15, 0.2) is 22.5 Å². The van der Waals surface area contributed by atoms with Gasteiger partial charge in [0.25, 0.3) is 0 Å². The van der Waals surface area contributed by atoms with Gasteiger partial charge < -0.3 is 9.47 Å². The minimum absolute atomic E-state index is 0.136. The van der Waals surface area contributed by atoms with E-state index in [2.05, 4.69) is 87.3 Å². The first kappa shape index (κ1) is 28.4. The maximum Gasteiger partial charge on any atom is 0.183 e. The predicted octanol–water partition coefficient (Wildman–Crippen LogP) is 7.06. The molecule has 0 saturated heterocycles. The summed E-state index contributed by atoms with van der Waals surface area (Å²) in [5, 5.41) is 0. The summed E-state index contributed by atoms with van der Waals surface area (Å²) in [5.41, 5.74) is 8.95. The summed E-state index contributed by atoms with van der Waals surface area (Å²) in [4.78, 5) is 0. The first-order valence-corrected chi connectivity index (χ1v) is 14.6. The van der Waals surface area contributed by atoms with Crippen molar-refractivity contribution in [2.75, 3.05) is 28.3 Å². The molecule has 2 aromatic rings. The molecule has 0 saturated carbocycles. The SMILES string of the molecule is COc1ccc2c(c1)CC(C)(C)[N+](C)=C2CCCCCCCCC1=[N+](C)C(C)(C)Cc2cc(OC)ccc21. The number of likely N-dealkylation sites (N-methyl/N-ethyl adjacent to an activating group) is 2. The molecule has 0 amide bonds. The molecule has 0 radical (unpaired) electrons. The number of unbranched alkanes of at least 4 members (excludes halogenated alkanes) is 5. The quantitative estimate of drug-likeness (QED) is 0.235. The normalized spacial score (nSPS) is 17.8. The van der Waals surface area contributed by atoms with Gasteiger partial charge in [-0.15, -0.1) is 0 Å².